The Morgan fingerprint density at radius 1 is 0.652 bits per heavy atom. The van der Waals surface area contributed by atoms with E-state index in [4.69, 9.17) is 19.9 Å². The lowest BCUT2D eigenvalue weighted by Crippen LogP contribution is -2.53. The highest BCUT2D eigenvalue weighted by molar-refractivity contribution is 4.84. The van der Waals surface area contributed by atoms with Gasteiger partial charge in [0, 0.05) is 19.8 Å². The summed E-state index contributed by atoms with van der Waals surface area (Å²) in [4.78, 5) is 0. The number of hydrogen-bond acceptors (Lipinski definition) is 4. The second-order valence-electron chi connectivity index (χ2n) is 7.45. The maximum Gasteiger partial charge on any atom is 0.0865 e. The molecule has 0 spiro atoms. The van der Waals surface area contributed by atoms with Crippen molar-refractivity contribution in [1.82, 2.24) is 0 Å². The van der Waals surface area contributed by atoms with Crippen molar-refractivity contribution in [2.75, 3.05) is 39.6 Å². The van der Waals surface area contributed by atoms with Crippen molar-refractivity contribution >= 4 is 0 Å². The van der Waals surface area contributed by atoms with Crippen molar-refractivity contribution in [3.63, 3.8) is 0 Å². The molecule has 3 atom stereocenters. The average Bonchev–Trinajstić information content (AvgIpc) is 2.54. The molecule has 0 aliphatic heterocycles. The molecule has 0 heterocycles. The van der Waals surface area contributed by atoms with Gasteiger partial charge in [-0.3, -0.25) is 0 Å². The molecule has 2 N–H and O–H groups in total. The Bertz CT molecular complexity index is 233. The lowest BCUT2D eigenvalue weighted by molar-refractivity contribution is -0.0379. The fraction of sp³-hybridized carbons (Fsp3) is 1.00. The molecule has 0 aliphatic rings. The summed E-state index contributed by atoms with van der Waals surface area (Å²) in [5.41, 5.74) is 5.94. The molecule has 4 nitrogen and oxygen atoms in total. The zero-order valence-corrected chi connectivity index (χ0v) is 16.4. The van der Waals surface area contributed by atoms with E-state index in [9.17, 15) is 0 Å². The minimum atomic E-state index is -0.561. The van der Waals surface area contributed by atoms with Gasteiger partial charge in [-0.15, -0.1) is 0 Å². The van der Waals surface area contributed by atoms with E-state index < -0.39 is 5.54 Å². The number of ether oxygens (including phenoxy) is 3. The normalized spacial score (nSPS) is 18.4. The van der Waals surface area contributed by atoms with Crippen LogP contribution in [0.5, 0.6) is 0 Å². The van der Waals surface area contributed by atoms with Crippen LogP contribution in [0.25, 0.3) is 0 Å². The van der Waals surface area contributed by atoms with Crippen LogP contribution in [0.15, 0.2) is 0 Å². The Morgan fingerprint density at radius 2 is 0.913 bits per heavy atom. The summed E-state index contributed by atoms with van der Waals surface area (Å²) in [6, 6.07) is 0. The van der Waals surface area contributed by atoms with E-state index in [1.807, 2.05) is 0 Å². The maximum absolute atomic E-state index is 6.51. The number of rotatable bonds is 15. The van der Waals surface area contributed by atoms with E-state index in [0.29, 0.717) is 37.6 Å². The van der Waals surface area contributed by atoms with Crippen LogP contribution in [0, 0.1) is 17.8 Å². The fourth-order valence-electron chi connectivity index (χ4n) is 1.87. The van der Waals surface area contributed by atoms with Crippen molar-refractivity contribution in [1.29, 1.82) is 0 Å². The van der Waals surface area contributed by atoms with E-state index >= 15 is 0 Å². The quantitative estimate of drug-likeness (QED) is 0.495. The van der Waals surface area contributed by atoms with Gasteiger partial charge in [-0.1, -0.05) is 60.8 Å². The van der Waals surface area contributed by atoms with Crippen molar-refractivity contribution in [2.24, 2.45) is 23.5 Å². The highest BCUT2D eigenvalue weighted by Gasteiger charge is 2.27. The van der Waals surface area contributed by atoms with E-state index in [2.05, 4.69) is 41.5 Å². The molecule has 0 fully saturated rings. The minimum Gasteiger partial charge on any atom is -0.379 e. The predicted octanol–water partition coefficient (Wildman–Crippen LogP) is 3.87. The molecule has 140 valence electrons. The molecule has 0 aromatic carbocycles. The molecule has 3 unspecified atom stereocenters. The lowest BCUT2D eigenvalue weighted by atomic mass is 10.0. The second-order valence-corrected chi connectivity index (χ2v) is 7.45. The van der Waals surface area contributed by atoms with Crippen molar-refractivity contribution in [2.45, 2.75) is 66.3 Å². The standard InChI is InChI=1S/C19H41NO3/c1-7-16(4)10-21-13-19(20,14-22-11-17(5)8-2)15-23-12-18(6)9-3/h16-18H,7-15,20H2,1-6H3. The van der Waals surface area contributed by atoms with Crippen LogP contribution in [0.4, 0.5) is 0 Å². The molecule has 0 radical (unpaired) electrons. The minimum absolute atomic E-state index is 0.484. The lowest BCUT2D eigenvalue weighted by Gasteiger charge is -2.30. The molecule has 4 heteroatoms. The van der Waals surface area contributed by atoms with Gasteiger partial charge in [0.05, 0.1) is 25.4 Å². The molecule has 0 aromatic rings. The molecule has 0 saturated heterocycles. The third kappa shape index (κ3) is 11.9. The molecule has 0 aromatic heterocycles. The zero-order valence-electron chi connectivity index (χ0n) is 16.4. The third-order valence-corrected chi connectivity index (χ3v) is 4.47. The molecular formula is C19H41NO3. The fourth-order valence-corrected chi connectivity index (χ4v) is 1.87. The van der Waals surface area contributed by atoms with Gasteiger partial charge in [0.1, 0.15) is 0 Å². The summed E-state index contributed by atoms with van der Waals surface area (Å²) < 4.78 is 17.5. The van der Waals surface area contributed by atoms with E-state index in [1.165, 1.54) is 0 Å². The Kier molecular flexibility index (Phi) is 13.1. The van der Waals surface area contributed by atoms with Crippen LogP contribution in [0.1, 0.15) is 60.8 Å². The number of hydrogen-bond donors (Lipinski definition) is 1. The predicted molar refractivity (Wildman–Crippen MR) is 97.7 cm³/mol. The van der Waals surface area contributed by atoms with E-state index in [0.717, 1.165) is 39.1 Å². The van der Waals surface area contributed by atoms with Crippen LogP contribution in [0.2, 0.25) is 0 Å². The van der Waals surface area contributed by atoms with Gasteiger partial charge in [0.2, 0.25) is 0 Å². The monoisotopic (exact) mass is 331 g/mol. The molecule has 0 amide bonds. The van der Waals surface area contributed by atoms with Gasteiger partial charge >= 0.3 is 0 Å². The van der Waals surface area contributed by atoms with Gasteiger partial charge in [-0.25, -0.2) is 0 Å². The first-order chi connectivity index (χ1) is 10.9. The van der Waals surface area contributed by atoms with Crippen molar-refractivity contribution in [3.05, 3.63) is 0 Å². The Balaban J connectivity index is 4.32. The summed E-state index contributed by atoms with van der Waals surface area (Å²) in [5, 5.41) is 0. The van der Waals surface area contributed by atoms with Crippen molar-refractivity contribution < 1.29 is 14.2 Å². The first-order valence-corrected chi connectivity index (χ1v) is 9.38. The summed E-state index contributed by atoms with van der Waals surface area (Å²) in [5.74, 6) is 1.67. The summed E-state index contributed by atoms with van der Waals surface area (Å²) in [6.07, 6.45) is 3.35. The number of nitrogens with two attached hydrogens (primary N) is 1. The molecular weight excluding hydrogens is 290 g/mol. The zero-order chi connectivity index (χ0) is 17.7. The highest BCUT2D eigenvalue weighted by atomic mass is 16.5. The topological polar surface area (TPSA) is 53.7 Å². The van der Waals surface area contributed by atoms with Gasteiger partial charge < -0.3 is 19.9 Å². The summed E-state index contributed by atoms with van der Waals surface area (Å²) in [7, 11) is 0. The van der Waals surface area contributed by atoms with Gasteiger partial charge in [0.25, 0.3) is 0 Å². The third-order valence-electron chi connectivity index (χ3n) is 4.47. The molecule has 0 rings (SSSR count). The summed E-state index contributed by atoms with van der Waals surface area (Å²) in [6.45, 7) is 16.8. The van der Waals surface area contributed by atoms with Crippen LogP contribution in [-0.4, -0.2) is 45.2 Å². The molecule has 0 bridgehead atoms. The van der Waals surface area contributed by atoms with Gasteiger partial charge in [-0.05, 0) is 17.8 Å². The highest BCUT2D eigenvalue weighted by Crippen LogP contribution is 2.11. The molecule has 0 saturated carbocycles. The molecule has 0 aliphatic carbocycles. The van der Waals surface area contributed by atoms with Gasteiger partial charge in [-0.2, -0.15) is 0 Å². The van der Waals surface area contributed by atoms with Crippen LogP contribution in [-0.2, 0) is 14.2 Å². The van der Waals surface area contributed by atoms with Crippen molar-refractivity contribution in [3.8, 4) is 0 Å². The van der Waals surface area contributed by atoms with Crippen LogP contribution < -0.4 is 5.73 Å². The first kappa shape index (κ1) is 22.8. The smallest absolute Gasteiger partial charge is 0.0865 e. The molecule has 23 heavy (non-hydrogen) atoms. The maximum atomic E-state index is 6.51. The Labute approximate surface area is 144 Å². The van der Waals surface area contributed by atoms with Gasteiger partial charge in [0.15, 0.2) is 0 Å². The van der Waals surface area contributed by atoms with Crippen LogP contribution in [0.3, 0.4) is 0 Å². The van der Waals surface area contributed by atoms with E-state index in [1.54, 1.807) is 0 Å². The average molecular weight is 332 g/mol. The second kappa shape index (κ2) is 13.2. The summed E-state index contributed by atoms with van der Waals surface area (Å²) >= 11 is 0. The van der Waals surface area contributed by atoms with Crippen LogP contribution >= 0.6 is 0 Å². The Hall–Kier alpha value is -0.160. The SMILES string of the molecule is CCC(C)COCC(N)(COCC(C)CC)COCC(C)CC. The Morgan fingerprint density at radius 3 is 1.13 bits per heavy atom. The first-order valence-electron chi connectivity index (χ1n) is 9.38. The van der Waals surface area contributed by atoms with E-state index in [-0.39, 0.29) is 0 Å². The largest absolute Gasteiger partial charge is 0.379 e.